The van der Waals surface area contributed by atoms with Crippen molar-refractivity contribution in [2.45, 2.75) is 32.8 Å². The molecule has 3 nitrogen and oxygen atoms in total. The molecular formula is C12H18O3S. The Hall–Kier alpha value is -0.870. The Morgan fingerprint density at radius 1 is 1.44 bits per heavy atom. The monoisotopic (exact) mass is 242 g/mol. The van der Waals surface area contributed by atoms with E-state index < -0.39 is 0 Å². The fraction of sp³-hybridized carbons (Fsp3) is 0.583. The maximum Gasteiger partial charge on any atom is 0.306 e. The molecule has 0 radical (unpaired) electrons. The zero-order valence-electron chi connectivity index (χ0n) is 9.77. The number of thiophene rings is 1. The third-order valence-corrected chi connectivity index (χ3v) is 2.89. The summed E-state index contributed by atoms with van der Waals surface area (Å²) in [5.41, 5.74) is 0. The molecule has 90 valence electrons. The van der Waals surface area contributed by atoms with E-state index in [2.05, 4.69) is 0 Å². The smallest absolute Gasteiger partial charge is 0.306 e. The van der Waals surface area contributed by atoms with Crippen LogP contribution in [0.25, 0.3) is 0 Å². The van der Waals surface area contributed by atoms with Crippen molar-refractivity contribution < 1.29 is 14.3 Å². The van der Waals surface area contributed by atoms with Crippen LogP contribution in [0.4, 0.5) is 0 Å². The zero-order chi connectivity index (χ0) is 11.8. The molecule has 1 aromatic heterocycles. The Balaban J connectivity index is 2.03. The standard InChI is InChI=1S/C12H18O3S/c1-10(2)14-7-8-15-12(13)6-5-11-4-3-9-16-11/h3-4,9-10H,5-8H2,1-2H3. The second-order valence-electron chi connectivity index (χ2n) is 3.72. The number of esters is 1. The van der Waals surface area contributed by atoms with Crippen LogP contribution in [0.3, 0.4) is 0 Å². The lowest BCUT2D eigenvalue weighted by Gasteiger charge is -2.07. The van der Waals surface area contributed by atoms with Crippen LogP contribution in [0.2, 0.25) is 0 Å². The van der Waals surface area contributed by atoms with Gasteiger partial charge in [-0.05, 0) is 31.7 Å². The number of rotatable bonds is 7. The largest absolute Gasteiger partial charge is 0.463 e. The van der Waals surface area contributed by atoms with E-state index in [1.54, 1.807) is 11.3 Å². The van der Waals surface area contributed by atoms with E-state index in [9.17, 15) is 4.79 Å². The fourth-order valence-electron chi connectivity index (χ4n) is 1.19. The highest BCUT2D eigenvalue weighted by Gasteiger charge is 2.04. The average molecular weight is 242 g/mol. The van der Waals surface area contributed by atoms with E-state index in [0.29, 0.717) is 19.6 Å². The highest BCUT2D eigenvalue weighted by molar-refractivity contribution is 7.09. The Bertz CT molecular complexity index is 293. The maximum atomic E-state index is 11.3. The summed E-state index contributed by atoms with van der Waals surface area (Å²) in [5.74, 6) is -0.152. The molecule has 16 heavy (non-hydrogen) atoms. The molecule has 1 aromatic rings. The molecule has 0 amide bonds. The Labute approximate surface area is 100 Å². The average Bonchev–Trinajstić information content (AvgIpc) is 2.74. The summed E-state index contributed by atoms with van der Waals surface area (Å²) in [6.07, 6.45) is 1.40. The van der Waals surface area contributed by atoms with Crippen LogP contribution < -0.4 is 0 Å². The van der Waals surface area contributed by atoms with Crippen molar-refractivity contribution in [1.29, 1.82) is 0 Å². The molecule has 0 aromatic carbocycles. The number of hydrogen-bond donors (Lipinski definition) is 0. The second kappa shape index (κ2) is 7.41. The molecule has 0 unspecified atom stereocenters. The molecule has 0 saturated carbocycles. The van der Waals surface area contributed by atoms with Gasteiger partial charge in [0.2, 0.25) is 0 Å². The molecule has 0 spiro atoms. The van der Waals surface area contributed by atoms with Gasteiger partial charge in [-0.1, -0.05) is 6.07 Å². The lowest BCUT2D eigenvalue weighted by atomic mass is 10.3. The van der Waals surface area contributed by atoms with E-state index in [-0.39, 0.29) is 12.1 Å². The Morgan fingerprint density at radius 3 is 2.88 bits per heavy atom. The van der Waals surface area contributed by atoms with Crippen LogP contribution in [0.5, 0.6) is 0 Å². The molecule has 0 atom stereocenters. The minimum Gasteiger partial charge on any atom is -0.463 e. The van der Waals surface area contributed by atoms with E-state index >= 15 is 0 Å². The summed E-state index contributed by atoms with van der Waals surface area (Å²) >= 11 is 1.66. The van der Waals surface area contributed by atoms with Gasteiger partial charge in [-0.25, -0.2) is 0 Å². The third-order valence-electron chi connectivity index (χ3n) is 1.95. The number of aryl methyl sites for hydroxylation is 1. The van der Waals surface area contributed by atoms with Gasteiger partial charge in [0.15, 0.2) is 0 Å². The van der Waals surface area contributed by atoms with Crippen molar-refractivity contribution in [3.8, 4) is 0 Å². The molecule has 0 aliphatic carbocycles. The third kappa shape index (κ3) is 5.88. The van der Waals surface area contributed by atoms with Crippen molar-refractivity contribution in [3.05, 3.63) is 22.4 Å². The molecule has 0 fully saturated rings. The minimum absolute atomic E-state index is 0.152. The number of carbonyl (C=O) groups excluding carboxylic acids is 1. The summed E-state index contributed by atoms with van der Waals surface area (Å²) in [5, 5.41) is 2.01. The molecule has 0 aliphatic heterocycles. The Morgan fingerprint density at radius 2 is 2.25 bits per heavy atom. The molecular weight excluding hydrogens is 224 g/mol. The van der Waals surface area contributed by atoms with E-state index in [4.69, 9.17) is 9.47 Å². The normalized spacial score (nSPS) is 10.7. The lowest BCUT2D eigenvalue weighted by molar-refractivity contribution is -0.145. The summed E-state index contributed by atoms with van der Waals surface area (Å²) in [7, 11) is 0. The molecule has 0 bridgehead atoms. The van der Waals surface area contributed by atoms with Crippen molar-refractivity contribution in [2.75, 3.05) is 13.2 Å². The first-order valence-corrected chi connectivity index (χ1v) is 6.36. The van der Waals surface area contributed by atoms with E-state index in [1.165, 1.54) is 4.88 Å². The number of hydrogen-bond acceptors (Lipinski definition) is 4. The molecule has 1 heterocycles. The van der Waals surface area contributed by atoms with Crippen LogP contribution in [0.15, 0.2) is 17.5 Å². The van der Waals surface area contributed by atoms with Gasteiger partial charge in [0.1, 0.15) is 6.61 Å². The topological polar surface area (TPSA) is 35.5 Å². The predicted octanol–water partition coefficient (Wildman–Crippen LogP) is 2.65. The summed E-state index contributed by atoms with van der Waals surface area (Å²) in [6.45, 7) is 4.74. The van der Waals surface area contributed by atoms with Crippen LogP contribution in [-0.2, 0) is 20.7 Å². The SMILES string of the molecule is CC(C)OCCOC(=O)CCc1cccs1. The van der Waals surface area contributed by atoms with Crippen molar-refractivity contribution in [1.82, 2.24) is 0 Å². The van der Waals surface area contributed by atoms with Gasteiger partial charge >= 0.3 is 5.97 Å². The highest BCUT2D eigenvalue weighted by Crippen LogP contribution is 2.11. The van der Waals surface area contributed by atoms with Gasteiger partial charge in [0, 0.05) is 4.88 Å². The lowest BCUT2D eigenvalue weighted by Crippen LogP contribution is -2.13. The van der Waals surface area contributed by atoms with Gasteiger partial charge < -0.3 is 9.47 Å². The summed E-state index contributed by atoms with van der Waals surface area (Å²) < 4.78 is 10.3. The molecule has 0 saturated heterocycles. The number of ether oxygens (including phenoxy) is 2. The maximum absolute atomic E-state index is 11.3. The van der Waals surface area contributed by atoms with Crippen LogP contribution >= 0.6 is 11.3 Å². The van der Waals surface area contributed by atoms with Crippen molar-refractivity contribution >= 4 is 17.3 Å². The molecule has 0 N–H and O–H groups in total. The second-order valence-corrected chi connectivity index (χ2v) is 4.75. The first-order chi connectivity index (χ1) is 7.68. The van der Waals surface area contributed by atoms with Gasteiger partial charge in [-0.2, -0.15) is 0 Å². The quantitative estimate of drug-likeness (QED) is 0.544. The summed E-state index contributed by atoms with van der Waals surface area (Å²) in [4.78, 5) is 12.5. The van der Waals surface area contributed by atoms with Gasteiger partial charge in [-0.15, -0.1) is 11.3 Å². The fourth-order valence-corrected chi connectivity index (χ4v) is 1.90. The number of carbonyl (C=O) groups is 1. The first kappa shape index (κ1) is 13.2. The van der Waals surface area contributed by atoms with Crippen molar-refractivity contribution in [2.24, 2.45) is 0 Å². The van der Waals surface area contributed by atoms with Gasteiger partial charge in [0.25, 0.3) is 0 Å². The Kier molecular flexibility index (Phi) is 6.11. The highest BCUT2D eigenvalue weighted by atomic mass is 32.1. The summed E-state index contributed by atoms with van der Waals surface area (Å²) in [6, 6.07) is 4.02. The van der Waals surface area contributed by atoms with E-state index in [0.717, 1.165) is 6.42 Å². The first-order valence-electron chi connectivity index (χ1n) is 5.48. The van der Waals surface area contributed by atoms with Crippen LogP contribution in [0, 0.1) is 0 Å². The molecule has 4 heteroatoms. The van der Waals surface area contributed by atoms with Gasteiger partial charge in [0.05, 0.1) is 19.1 Å². The molecule has 0 aliphatic rings. The van der Waals surface area contributed by atoms with Gasteiger partial charge in [-0.3, -0.25) is 4.79 Å². The minimum atomic E-state index is -0.152. The molecule has 1 rings (SSSR count). The zero-order valence-corrected chi connectivity index (χ0v) is 10.6. The predicted molar refractivity (Wildman–Crippen MR) is 64.7 cm³/mol. The van der Waals surface area contributed by atoms with Crippen molar-refractivity contribution in [3.63, 3.8) is 0 Å². The van der Waals surface area contributed by atoms with Crippen LogP contribution in [0.1, 0.15) is 25.1 Å². The van der Waals surface area contributed by atoms with Crippen LogP contribution in [-0.4, -0.2) is 25.3 Å². The van der Waals surface area contributed by atoms with E-state index in [1.807, 2.05) is 31.4 Å².